The van der Waals surface area contributed by atoms with E-state index in [4.69, 9.17) is 16.3 Å². The number of carbonyl (C=O) groups is 1. The van der Waals surface area contributed by atoms with E-state index >= 15 is 8.78 Å². The first-order valence-electron chi connectivity index (χ1n) is 12.6. The molecule has 2 fully saturated rings. The molecule has 0 bridgehead atoms. The Bertz CT molecular complexity index is 1280. The van der Waals surface area contributed by atoms with Gasteiger partial charge in [-0.25, -0.2) is 4.39 Å². The van der Waals surface area contributed by atoms with Crippen molar-refractivity contribution in [2.75, 3.05) is 19.6 Å². The van der Waals surface area contributed by atoms with Crippen LogP contribution in [0, 0.1) is 5.82 Å². The van der Waals surface area contributed by atoms with Crippen LogP contribution < -0.4 is 10.1 Å². The molecule has 200 valence electrons. The Morgan fingerprint density at radius 2 is 1.68 bits per heavy atom. The molecular weight excluding hydrogens is 517 g/mol. The number of hydrogen-bond acceptors (Lipinski definition) is 4. The number of halogens is 4. The average molecular weight is 545 g/mol. The molecule has 0 aromatic heterocycles. The quantitative estimate of drug-likeness (QED) is 0.343. The molecule has 1 amide bonds. The van der Waals surface area contributed by atoms with Gasteiger partial charge >= 0.3 is 5.92 Å². The highest BCUT2D eigenvalue weighted by Crippen LogP contribution is 2.35. The topological polar surface area (TPSA) is 61.8 Å². The number of nitrogens with one attached hydrogen (secondary N) is 1. The highest BCUT2D eigenvalue weighted by atomic mass is 35.5. The van der Waals surface area contributed by atoms with Gasteiger partial charge in [-0.1, -0.05) is 54.1 Å². The van der Waals surface area contributed by atoms with Gasteiger partial charge in [0.15, 0.2) is 0 Å². The summed E-state index contributed by atoms with van der Waals surface area (Å²) in [5.41, 5.74) is 1.19. The van der Waals surface area contributed by atoms with Crippen molar-refractivity contribution in [2.24, 2.45) is 0 Å². The fourth-order valence-electron chi connectivity index (χ4n) is 4.37. The third kappa shape index (κ3) is 5.98. The molecule has 3 aromatic rings. The predicted molar refractivity (Wildman–Crippen MR) is 139 cm³/mol. The zero-order chi connectivity index (χ0) is 26.9. The van der Waals surface area contributed by atoms with Gasteiger partial charge in [0.2, 0.25) is 0 Å². The van der Waals surface area contributed by atoms with E-state index in [2.05, 4.69) is 5.32 Å². The fourth-order valence-corrected chi connectivity index (χ4v) is 4.60. The zero-order valence-electron chi connectivity index (χ0n) is 20.5. The molecule has 0 radical (unpaired) electrons. The number of rotatable bonds is 10. The SMILES string of the molecule is O=C(N[C@H](CN1CCC1)[C@H](O)c1ccc(OC2CC2)c(Cl)c1)C(F)(F)c1ccc(-c2ccc(F)cc2)cc1. The van der Waals surface area contributed by atoms with Crippen LogP contribution in [0.2, 0.25) is 5.02 Å². The van der Waals surface area contributed by atoms with Crippen LogP contribution >= 0.6 is 11.6 Å². The Morgan fingerprint density at radius 3 is 2.24 bits per heavy atom. The van der Waals surface area contributed by atoms with Crippen LogP contribution in [-0.2, 0) is 10.7 Å². The molecule has 1 aliphatic carbocycles. The Kier molecular flexibility index (Phi) is 7.66. The van der Waals surface area contributed by atoms with Crippen LogP contribution in [-0.4, -0.2) is 47.7 Å². The first-order chi connectivity index (χ1) is 18.2. The summed E-state index contributed by atoms with van der Waals surface area (Å²) < 4.78 is 49.4. The van der Waals surface area contributed by atoms with Crippen LogP contribution in [0.4, 0.5) is 13.2 Å². The molecule has 38 heavy (non-hydrogen) atoms. The monoisotopic (exact) mass is 544 g/mol. The van der Waals surface area contributed by atoms with Crippen molar-refractivity contribution in [1.29, 1.82) is 0 Å². The number of alkyl halides is 2. The van der Waals surface area contributed by atoms with Crippen LogP contribution in [0.25, 0.3) is 11.1 Å². The van der Waals surface area contributed by atoms with Gasteiger partial charge in [-0.15, -0.1) is 0 Å². The summed E-state index contributed by atoms with van der Waals surface area (Å²) in [4.78, 5) is 14.8. The van der Waals surface area contributed by atoms with Gasteiger partial charge in [0.05, 0.1) is 17.2 Å². The van der Waals surface area contributed by atoms with E-state index in [0.29, 0.717) is 27.5 Å². The summed E-state index contributed by atoms with van der Waals surface area (Å²) in [6.45, 7) is 1.73. The number of aliphatic hydroxyl groups is 1. The molecule has 5 rings (SSSR count). The fraction of sp³-hybridized carbons (Fsp3) is 0.345. The largest absolute Gasteiger partial charge is 0.489 e. The molecule has 0 spiro atoms. The van der Waals surface area contributed by atoms with Crippen LogP contribution in [0.1, 0.15) is 36.5 Å². The van der Waals surface area contributed by atoms with E-state index in [1.807, 2.05) is 4.90 Å². The Morgan fingerprint density at radius 1 is 1.05 bits per heavy atom. The standard InChI is InChI=1S/C29H28ClF3N2O3/c30-24-16-20(6-13-26(24)38-23-11-12-23)27(36)25(17-35-14-1-15-35)34-28(37)29(32,33)21-7-2-18(3-8-21)19-4-9-22(31)10-5-19/h2-10,13,16,23,25,27,36H,1,11-12,14-15,17H2,(H,34,37)/t25-,27-/m1/s1. The Labute approximate surface area is 224 Å². The lowest BCUT2D eigenvalue weighted by Crippen LogP contribution is -2.53. The lowest BCUT2D eigenvalue weighted by Gasteiger charge is -2.36. The van der Waals surface area contributed by atoms with Crippen molar-refractivity contribution >= 4 is 17.5 Å². The molecule has 2 aliphatic rings. The summed E-state index contributed by atoms with van der Waals surface area (Å²) >= 11 is 6.34. The summed E-state index contributed by atoms with van der Waals surface area (Å²) in [7, 11) is 0. The highest BCUT2D eigenvalue weighted by Gasteiger charge is 2.43. The number of hydrogen-bond donors (Lipinski definition) is 2. The second kappa shape index (κ2) is 11.0. The molecular formula is C29H28ClF3N2O3. The van der Waals surface area contributed by atoms with Crippen molar-refractivity contribution in [3.05, 3.63) is 88.7 Å². The second-order valence-corrected chi connectivity index (χ2v) is 10.3. The number of ether oxygens (including phenoxy) is 1. The van der Waals surface area contributed by atoms with E-state index < -0.39 is 35.4 Å². The summed E-state index contributed by atoms with van der Waals surface area (Å²) in [5.74, 6) is -5.23. The predicted octanol–water partition coefficient (Wildman–Crippen LogP) is 5.70. The van der Waals surface area contributed by atoms with Gasteiger partial charge in [-0.05, 0) is 73.3 Å². The maximum absolute atomic E-state index is 15.2. The molecule has 5 nitrogen and oxygen atoms in total. The Balaban J connectivity index is 1.31. The Hall–Kier alpha value is -3.07. The van der Waals surface area contributed by atoms with Gasteiger partial charge in [-0.2, -0.15) is 8.78 Å². The molecule has 1 saturated heterocycles. The molecule has 1 saturated carbocycles. The minimum Gasteiger partial charge on any atom is -0.489 e. The first-order valence-corrected chi connectivity index (χ1v) is 13.0. The average Bonchev–Trinajstić information content (AvgIpc) is 3.71. The normalized spacial score (nSPS) is 17.4. The minimum absolute atomic E-state index is 0.147. The van der Waals surface area contributed by atoms with Crippen molar-refractivity contribution in [2.45, 2.75) is 43.4 Å². The second-order valence-electron chi connectivity index (χ2n) is 9.84. The molecule has 2 N–H and O–H groups in total. The molecule has 2 atom stereocenters. The number of amides is 1. The van der Waals surface area contributed by atoms with Gasteiger partial charge in [-0.3, -0.25) is 4.79 Å². The molecule has 0 unspecified atom stereocenters. The lowest BCUT2D eigenvalue weighted by atomic mass is 9.98. The number of nitrogens with zero attached hydrogens (tertiary/aromatic N) is 1. The maximum Gasteiger partial charge on any atom is 0.349 e. The zero-order valence-corrected chi connectivity index (χ0v) is 21.3. The van der Waals surface area contributed by atoms with Gasteiger partial charge < -0.3 is 20.1 Å². The molecule has 3 aromatic carbocycles. The summed E-state index contributed by atoms with van der Waals surface area (Å²) in [5, 5.41) is 13.8. The van der Waals surface area contributed by atoms with Crippen LogP contribution in [0.3, 0.4) is 0 Å². The molecule has 9 heteroatoms. The third-order valence-corrected chi connectivity index (χ3v) is 7.22. The summed E-state index contributed by atoms with van der Waals surface area (Å²) in [6.07, 6.45) is 1.78. The van der Waals surface area contributed by atoms with E-state index in [1.165, 1.54) is 36.4 Å². The number of likely N-dealkylation sites (tertiary alicyclic amines) is 1. The van der Waals surface area contributed by atoms with Gasteiger partial charge in [0, 0.05) is 12.1 Å². The number of benzene rings is 3. The van der Waals surface area contributed by atoms with E-state index in [9.17, 15) is 14.3 Å². The maximum atomic E-state index is 15.2. The minimum atomic E-state index is -3.84. The van der Waals surface area contributed by atoms with Gasteiger partial charge in [0.1, 0.15) is 17.7 Å². The van der Waals surface area contributed by atoms with Crippen LogP contribution in [0.15, 0.2) is 66.7 Å². The van der Waals surface area contributed by atoms with Crippen molar-refractivity contribution in [3.63, 3.8) is 0 Å². The third-order valence-electron chi connectivity index (χ3n) is 6.93. The lowest BCUT2D eigenvalue weighted by molar-refractivity contribution is -0.149. The van der Waals surface area contributed by atoms with E-state index in [0.717, 1.165) is 32.4 Å². The highest BCUT2D eigenvalue weighted by molar-refractivity contribution is 6.32. The summed E-state index contributed by atoms with van der Waals surface area (Å²) in [6, 6.07) is 14.8. The van der Waals surface area contributed by atoms with Crippen molar-refractivity contribution in [3.8, 4) is 16.9 Å². The van der Waals surface area contributed by atoms with E-state index in [-0.39, 0.29) is 12.6 Å². The van der Waals surface area contributed by atoms with Gasteiger partial charge in [0.25, 0.3) is 5.91 Å². The molecule has 1 heterocycles. The number of carbonyl (C=O) groups excluding carboxylic acids is 1. The smallest absolute Gasteiger partial charge is 0.349 e. The van der Waals surface area contributed by atoms with Crippen molar-refractivity contribution < 1.29 is 27.8 Å². The molecule has 1 aliphatic heterocycles. The first kappa shape index (κ1) is 26.5. The van der Waals surface area contributed by atoms with Crippen LogP contribution in [0.5, 0.6) is 5.75 Å². The van der Waals surface area contributed by atoms with E-state index in [1.54, 1.807) is 30.3 Å². The van der Waals surface area contributed by atoms with Crippen molar-refractivity contribution in [1.82, 2.24) is 10.2 Å². The number of aliphatic hydroxyl groups excluding tert-OH is 1.